The number of rotatable bonds is 6. The van der Waals surface area contributed by atoms with Gasteiger partial charge in [0.15, 0.2) is 0 Å². The second-order valence-electron chi connectivity index (χ2n) is 4.08. The van der Waals surface area contributed by atoms with Crippen LogP contribution in [0.1, 0.15) is 30.6 Å². The Balaban J connectivity index is 2.70. The Morgan fingerprint density at radius 3 is 2.63 bits per heavy atom. The van der Waals surface area contributed by atoms with Crippen LogP contribution in [0.25, 0.3) is 0 Å². The van der Waals surface area contributed by atoms with E-state index in [2.05, 4.69) is 10.1 Å². The molecular formula is C14H19NO4. The molecule has 1 amide bonds. The number of ether oxygens (including phenoxy) is 2. The minimum atomic E-state index is -0.356. The summed E-state index contributed by atoms with van der Waals surface area (Å²) in [7, 11) is 1.32. The molecule has 104 valence electrons. The Labute approximate surface area is 112 Å². The van der Waals surface area contributed by atoms with Crippen LogP contribution in [0.5, 0.6) is 5.75 Å². The standard InChI is InChI=1S/C14H19NO4/c1-4-19-12-8-6-5-7-11(12)14(17)15-10(2)9-13(16)18-3/h5-8,10H,4,9H2,1-3H3,(H,15,17)/t10-/m1/s1. The molecule has 0 saturated heterocycles. The van der Waals surface area contributed by atoms with Gasteiger partial charge in [0, 0.05) is 6.04 Å². The molecule has 1 aromatic rings. The molecule has 0 fully saturated rings. The van der Waals surface area contributed by atoms with Crippen LogP contribution in [0.2, 0.25) is 0 Å². The minimum Gasteiger partial charge on any atom is -0.493 e. The number of carbonyl (C=O) groups excluding carboxylic acids is 2. The number of hydrogen-bond donors (Lipinski definition) is 1. The molecule has 0 spiro atoms. The third-order valence-corrected chi connectivity index (χ3v) is 2.51. The zero-order valence-electron chi connectivity index (χ0n) is 11.4. The van der Waals surface area contributed by atoms with Crippen LogP contribution in [0.4, 0.5) is 0 Å². The van der Waals surface area contributed by atoms with E-state index in [-0.39, 0.29) is 24.3 Å². The van der Waals surface area contributed by atoms with E-state index in [4.69, 9.17) is 4.74 Å². The number of benzene rings is 1. The summed E-state index contributed by atoms with van der Waals surface area (Å²) in [5, 5.41) is 2.74. The third-order valence-electron chi connectivity index (χ3n) is 2.51. The first-order valence-corrected chi connectivity index (χ1v) is 6.18. The van der Waals surface area contributed by atoms with Crippen LogP contribution in [-0.4, -0.2) is 31.6 Å². The van der Waals surface area contributed by atoms with Gasteiger partial charge in [0.2, 0.25) is 0 Å². The summed E-state index contributed by atoms with van der Waals surface area (Å²) in [4.78, 5) is 23.2. The molecule has 19 heavy (non-hydrogen) atoms. The second-order valence-corrected chi connectivity index (χ2v) is 4.08. The summed E-state index contributed by atoms with van der Waals surface area (Å²) >= 11 is 0. The largest absolute Gasteiger partial charge is 0.493 e. The van der Waals surface area contributed by atoms with Crippen LogP contribution in [0.15, 0.2) is 24.3 Å². The highest BCUT2D eigenvalue weighted by Crippen LogP contribution is 2.17. The summed E-state index contributed by atoms with van der Waals surface area (Å²) in [6.45, 7) is 4.09. The monoisotopic (exact) mass is 265 g/mol. The molecule has 0 bridgehead atoms. The molecule has 1 atom stereocenters. The van der Waals surface area contributed by atoms with Gasteiger partial charge < -0.3 is 14.8 Å². The van der Waals surface area contributed by atoms with Gasteiger partial charge in [0.25, 0.3) is 5.91 Å². The predicted octanol–water partition coefficient (Wildman–Crippen LogP) is 1.77. The zero-order valence-corrected chi connectivity index (χ0v) is 11.4. The fraction of sp³-hybridized carbons (Fsp3) is 0.429. The summed E-state index contributed by atoms with van der Waals surface area (Å²) in [5.41, 5.74) is 0.459. The topological polar surface area (TPSA) is 64.6 Å². The van der Waals surface area contributed by atoms with Gasteiger partial charge in [-0.05, 0) is 26.0 Å². The van der Waals surface area contributed by atoms with Crippen LogP contribution >= 0.6 is 0 Å². The average molecular weight is 265 g/mol. The maximum atomic E-state index is 12.1. The maximum absolute atomic E-state index is 12.1. The zero-order chi connectivity index (χ0) is 14.3. The first-order chi connectivity index (χ1) is 9.08. The number of hydrogen-bond acceptors (Lipinski definition) is 4. The molecule has 0 saturated carbocycles. The Kier molecular flexibility index (Phi) is 5.85. The Morgan fingerprint density at radius 1 is 1.32 bits per heavy atom. The molecule has 1 aromatic carbocycles. The van der Waals surface area contributed by atoms with Crippen LogP contribution in [0.3, 0.4) is 0 Å². The van der Waals surface area contributed by atoms with Crippen molar-refractivity contribution in [2.75, 3.05) is 13.7 Å². The Morgan fingerprint density at radius 2 is 2.00 bits per heavy atom. The summed E-state index contributed by atoms with van der Waals surface area (Å²) in [6, 6.07) is 6.70. The van der Waals surface area contributed by atoms with Gasteiger partial charge in [0.1, 0.15) is 5.75 Å². The minimum absolute atomic E-state index is 0.138. The van der Waals surface area contributed by atoms with Crippen molar-refractivity contribution in [3.05, 3.63) is 29.8 Å². The first-order valence-electron chi connectivity index (χ1n) is 6.18. The summed E-state index contributed by atoms with van der Waals surface area (Å²) in [6.07, 6.45) is 0.138. The van der Waals surface area contributed by atoms with Gasteiger partial charge in [-0.2, -0.15) is 0 Å². The van der Waals surface area contributed by atoms with Crippen LogP contribution < -0.4 is 10.1 Å². The maximum Gasteiger partial charge on any atom is 0.307 e. The lowest BCUT2D eigenvalue weighted by Crippen LogP contribution is -2.34. The smallest absolute Gasteiger partial charge is 0.307 e. The van der Waals surface area contributed by atoms with Gasteiger partial charge in [-0.25, -0.2) is 0 Å². The molecule has 1 rings (SSSR count). The molecule has 0 aliphatic rings. The molecule has 5 nitrogen and oxygen atoms in total. The van der Waals surface area contributed by atoms with E-state index in [0.29, 0.717) is 17.9 Å². The number of para-hydroxylation sites is 1. The van der Waals surface area contributed by atoms with E-state index < -0.39 is 0 Å². The highest BCUT2D eigenvalue weighted by Gasteiger charge is 2.16. The molecule has 0 aromatic heterocycles. The van der Waals surface area contributed by atoms with Crippen molar-refractivity contribution in [2.24, 2.45) is 0 Å². The number of carbonyl (C=O) groups is 2. The third kappa shape index (κ3) is 4.62. The van der Waals surface area contributed by atoms with E-state index in [9.17, 15) is 9.59 Å². The van der Waals surface area contributed by atoms with Gasteiger partial charge >= 0.3 is 5.97 Å². The van der Waals surface area contributed by atoms with E-state index in [1.807, 2.05) is 6.92 Å². The molecular weight excluding hydrogens is 246 g/mol. The number of nitrogens with one attached hydrogen (secondary N) is 1. The summed E-state index contributed by atoms with van der Waals surface area (Å²) in [5.74, 6) is -0.0842. The lowest BCUT2D eigenvalue weighted by molar-refractivity contribution is -0.141. The molecule has 1 N–H and O–H groups in total. The van der Waals surface area contributed by atoms with Gasteiger partial charge in [-0.3, -0.25) is 9.59 Å². The number of methoxy groups -OCH3 is 1. The first kappa shape index (κ1) is 15.0. The lowest BCUT2D eigenvalue weighted by atomic mass is 10.1. The highest BCUT2D eigenvalue weighted by atomic mass is 16.5. The van der Waals surface area contributed by atoms with Gasteiger partial charge in [-0.1, -0.05) is 12.1 Å². The predicted molar refractivity (Wildman–Crippen MR) is 71.2 cm³/mol. The number of esters is 1. The Hall–Kier alpha value is -2.04. The van der Waals surface area contributed by atoms with E-state index in [1.165, 1.54) is 7.11 Å². The molecule has 0 unspecified atom stereocenters. The average Bonchev–Trinajstić information content (AvgIpc) is 2.39. The van der Waals surface area contributed by atoms with Crippen LogP contribution in [-0.2, 0) is 9.53 Å². The van der Waals surface area contributed by atoms with E-state index >= 15 is 0 Å². The van der Waals surface area contributed by atoms with Crippen molar-refractivity contribution in [1.29, 1.82) is 0 Å². The molecule has 0 radical (unpaired) electrons. The van der Waals surface area contributed by atoms with Crippen molar-refractivity contribution < 1.29 is 19.1 Å². The van der Waals surface area contributed by atoms with Crippen molar-refractivity contribution in [3.63, 3.8) is 0 Å². The van der Waals surface area contributed by atoms with Crippen molar-refractivity contribution in [2.45, 2.75) is 26.3 Å². The lowest BCUT2D eigenvalue weighted by Gasteiger charge is -2.14. The van der Waals surface area contributed by atoms with Crippen molar-refractivity contribution >= 4 is 11.9 Å². The fourth-order valence-corrected chi connectivity index (χ4v) is 1.62. The highest BCUT2D eigenvalue weighted by molar-refractivity contribution is 5.97. The number of amides is 1. The quantitative estimate of drug-likeness (QED) is 0.796. The second kappa shape index (κ2) is 7.41. The fourth-order valence-electron chi connectivity index (χ4n) is 1.62. The van der Waals surface area contributed by atoms with Crippen molar-refractivity contribution in [3.8, 4) is 5.75 Å². The molecule has 5 heteroatoms. The van der Waals surface area contributed by atoms with Gasteiger partial charge in [0.05, 0.1) is 25.7 Å². The molecule has 0 heterocycles. The van der Waals surface area contributed by atoms with Gasteiger partial charge in [-0.15, -0.1) is 0 Å². The van der Waals surface area contributed by atoms with Crippen LogP contribution in [0, 0.1) is 0 Å². The van der Waals surface area contributed by atoms with Crippen molar-refractivity contribution in [1.82, 2.24) is 5.32 Å². The summed E-state index contributed by atoms with van der Waals surface area (Å²) < 4.78 is 9.95. The molecule has 0 aliphatic heterocycles. The normalized spacial score (nSPS) is 11.5. The van der Waals surface area contributed by atoms with E-state index in [0.717, 1.165) is 0 Å². The SMILES string of the molecule is CCOc1ccccc1C(=O)N[C@H](C)CC(=O)OC. The Bertz CT molecular complexity index is 445. The molecule has 0 aliphatic carbocycles. The van der Waals surface area contributed by atoms with E-state index in [1.54, 1.807) is 31.2 Å².